The molecule has 1 aliphatic rings. The Morgan fingerprint density at radius 3 is 2.61 bits per heavy atom. The van der Waals surface area contributed by atoms with Crippen LogP contribution in [0.2, 0.25) is 0 Å². The van der Waals surface area contributed by atoms with Gasteiger partial charge in [-0.15, -0.1) is 0 Å². The first-order valence-corrected chi connectivity index (χ1v) is 12.2. The highest BCUT2D eigenvalue weighted by Gasteiger charge is 2.35. The fourth-order valence-electron chi connectivity index (χ4n) is 3.14. The van der Waals surface area contributed by atoms with E-state index in [9.17, 15) is 14.0 Å². The quantitative estimate of drug-likeness (QED) is 0.386. The largest absolute Gasteiger partial charge is 0.489 e. The van der Waals surface area contributed by atoms with E-state index < -0.39 is 17.5 Å². The highest BCUT2D eigenvalue weighted by atomic mass is 32.1. The van der Waals surface area contributed by atoms with E-state index in [0.717, 1.165) is 17.4 Å². The normalized spacial score (nSPS) is 15.3. The summed E-state index contributed by atoms with van der Waals surface area (Å²) in [7, 11) is 0. The molecule has 0 aliphatic carbocycles. The summed E-state index contributed by atoms with van der Waals surface area (Å²) in [6.07, 6.45) is 3.06. The number of hydrogen-bond donors (Lipinski definition) is 2. The molecule has 1 saturated heterocycles. The Balaban J connectivity index is 1.72. The molecule has 12 heteroatoms. The summed E-state index contributed by atoms with van der Waals surface area (Å²) < 4.78 is 24.9. The van der Waals surface area contributed by atoms with Crippen LogP contribution in [0.3, 0.4) is 0 Å². The topological polar surface area (TPSA) is 119 Å². The van der Waals surface area contributed by atoms with E-state index in [0.29, 0.717) is 35.0 Å². The first-order valence-electron chi connectivity index (χ1n) is 11.4. The Morgan fingerprint density at radius 1 is 1.31 bits per heavy atom. The molecule has 194 valence electrons. The van der Waals surface area contributed by atoms with E-state index in [1.807, 2.05) is 13.8 Å². The lowest BCUT2D eigenvalue weighted by Gasteiger charge is -2.39. The molecule has 1 fully saturated rings. The Kier molecular flexibility index (Phi) is 8.28. The Labute approximate surface area is 213 Å². The molecule has 2 N–H and O–H groups in total. The molecule has 0 spiro atoms. The van der Waals surface area contributed by atoms with Gasteiger partial charge in [-0.25, -0.2) is 24.1 Å². The summed E-state index contributed by atoms with van der Waals surface area (Å²) >= 11 is 1.12. The maximum Gasteiger partial charge on any atom is 0.410 e. The average molecular weight is 519 g/mol. The number of ether oxygens (including phenoxy) is 2. The van der Waals surface area contributed by atoms with Gasteiger partial charge in [-0.1, -0.05) is 17.9 Å². The number of thiazole rings is 1. The molecule has 36 heavy (non-hydrogen) atoms. The first kappa shape index (κ1) is 27.1. The average Bonchev–Trinajstić information content (AvgIpc) is 3.19. The zero-order valence-electron chi connectivity index (χ0n) is 21.2. The fraction of sp³-hybridized carbons (Fsp3) is 0.458. The first-order chi connectivity index (χ1) is 16.9. The van der Waals surface area contributed by atoms with Crippen LogP contribution in [-0.2, 0) is 9.47 Å². The molecule has 0 saturated carbocycles. The minimum atomic E-state index is -0.579. The van der Waals surface area contributed by atoms with Crippen LogP contribution in [0, 0.1) is 0 Å². The van der Waals surface area contributed by atoms with Gasteiger partial charge in [0.1, 0.15) is 33.9 Å². The molecule has 2 aromatic heterocycles. The molecule has 0 unspecified atom stereocenters. The van der Waals surface area contributed by atoms with E-state index in [-0.39, 0.29) is 28.8 Å². The predicted octanol–water partition coefficient (Wildman–Crippen LogP) is 4.54. The molecule has 3 heterocycles. The van der Waals surface area contributed by atoms with Crippen molar-refractivity contribution in [2.45, 2.75) is 59.3 Å². The molecular weight excluding hydrogens is 487 g/mol. The third-order valence-corrected chi connectivity index (χ3v) is 5.72. The summed E-state index contributed by atoms with van der Waals surface area (Å²) in [6.45, 7) is 14.9. The molecule has 10 nitrogen and oxygen atoms in total. The minimum absolute atomic E-state index is 0.191. The van der Waals surface area contributed by atoms with Crippen molar-refractivity contribution in [3.8, 4) is 0 Å². The van der Waals surface area contributed by atoms with Crippen LogP contribution >= 0.6 is 11.3 Å². The highest BCUT2D eigenvalue weighted by Crippen LogP contribution is 2.27. The molecule has 3 rings (SSSR count). The smallest absolute Gasteiger partial charge is 0.410 e. The van der Waals surface area contributed by atoms with Crippen molar-refractivity contribution in [3.05, 3.63) is 47.3 Å². The summed E-state index contributed by atoms with van der Waals surface area (Å²) in [4.78, 5) is 39.8. The standard InChI is InChI=1S/C24H31FN6O4S/c1-8-15(25)9-17(34-13(2)3)14(4)28-19-18-21(27-12-26-19)36-22(30-18)20(32)29-16-10-31(11-16)23(33)35-24(5,6)7/h8-9,12-13,16H,1,10-11H2,2-7H3,(H,29,32)(H,26,27,28)/b15-9+,17-14-. The van der Waals surface area contributed by atoms with E-state index in [2.05, 4.69) is 32.2 Å². The maximum absolute atomic E-state index is 13.8. The van der Waals surface area contributed by atoms with Crippen LogP contribution in [-0.4, -0.2) is 62.7 Å². The zero-order chi connectivity index (χ0) is 26.6. The second-order valence-corrected chi connectivity index (χ2v) is 10.4. The number of rotatable bonds is 8. The van der Waals surface area contributed by atoms with Crippen LogP contribution in [0.5, 0.6) is 0 Å². The molecule has 2 aromatic rings. The number of carbonyl (C=O) groups is 2. The number of hydrogen-bond acceptors (Lipinski definition) is 9. The lowest BCUT2D eigenvalue weighted by Crippen LogP contribution is -2.61. The Hall–Kier alpha value is -3.54. The Bertz CT molecular complexity index is 1210. The third-order valence-electron chi connectivity index (χ3n) is 4.76. The number of likely N-dealkylation sites (tertiary alicyclic amines) is 1. The van der Waals surface area contributed by atoms with Crippen LogP contribution in [0.1, 0.15) is 51.3 Å². The highest BCUT2D eigenvalue weighted by molar-refractivity contribution is 7.19. The van der Waals surface area contributed by atoms with Crippen molar-refractivity contribution >= 4 is 39.5 Å². The van der Waals surface area contributed by atoms with Gasteiger partial charge in [0.15, 0.2) is 10.8 Å². The van der Waals surface area contributed by atoms with Gasteiger partial charge in [-0.3, -0.25) is 4.79 Å². The van der Waals surface area contributed by atoms with Gasteiger partial charge in [0.25, 0.3) is 5.91 Å². The number of nitrogens with one attached hydrogen (secondary N) is 2. The number of nitrogens with zero attached hydrogens (tertiary/aromatic N) is 4. The van der Waals surface area contributed by atoms with Crippen LogP contribution in [0.15, 0.2) is 42.3 Å². The van der Waals surface area contributed by atoms with E-state index in [1.54, 1.807) is 27.7 Å². The Morgan fingerprint density at radius 2 is 2.00 bits per heavy atom. The van der Waals surface area contributed by atoms with Crippen molar-refractivity contribution in [2.24, 2.45) is 0 Å². The van der Waals surface area contributed by atoms with Gasteiger partial charge in [0.05, 0.1) is 17.8 Å². The molecule has 0 radical (unpaired) electrons. The number of carbonyl (C=O) groups excluding carboxylic acids is 2. The monoisotopic (exact) mass is 518 g/mol. The van der Waals surface area contributed by atoms with Gasteiger partial charge in [0, 0.05) is 19.2 Å². The fourth-order valence-corrected chi connectivity index (χ4v) is 3.95. The molecule has 0 atom stereocenters. The molecular formula is C24H31FN6O4S. The second kappa shape index (κ2) is 11.0. The van der Waals surface area contributed by atoms with E-state index in [4.69, 9.17) is 9.47 Å². The van der Waals surface area contributed by atoms with Gasteiger partial charge in [-0.05, 0) is 47.6 Å². The predicted molar refractivity (Wildman–Crippen MR) is 136 cm³/mol. The number of halogens is 1. The van der Waals surface area contributed by atoms with Crippen molar-refractivity contribution in [3.63, 3.8) is 0 Å². The molecule has 0 aromatic carbocycles. The molecule has 1 aliphatic heterocycles. The SMILES string of the molecule is C=C/C(F)=C\C(OC(C)C)=C(/C)Nc1ncnc2sc(C(=O)NC3CN(C(=O)OC(C)(C)C)C3)nc12. The van der Waals surface area contributed by atoms with Crippen LogP contribution < -0.4 is 10.6 Å². The number of anilines is 1. The number of aromatic nitrogens is 3. The van der Waals surface area contributed by atoms with Gasteiger partial charge in [0.2, 0.25) is 0 Å². The van der Waals surface area contributed by atoms with Crippen molar-refractivity contribution < 1.29 is 23.5 Å². The number of fused-ring (bicyclic) bond motifs is 1. The summed E-state index contributed by atoms with van der Waals surface area (Å²) in [5.74, 6) is -0.287. The molecule has 0 bridgehead atoms. The van der Waals surface area contributed by atoms with Crippen molar-refractivity contribution in [1.29, 1.82) is 0 Å². The zero-order valence-corrected chi connectivity index (χ0v) is 22.0. The van der Waals surface area contributed by atoms with Gasteiger partial charge < -0.3 is 25.0 Å². The second-order valence-electron chi connectivity index (χ2n) is 9.46. The lowest BCUT2D eigenvalue weighted by atomic mass is 10.1. The number of allylic oxidation sites excluding steroid dienone is 4. The van der Waals surface area contributed by atoms with Crippen molar-refractivity contribution in [2.75, 3.05) is 18.4 Å². The summed E-state index contributed by atoms with van der Waals surface area (Å²) in [5, 5.41) is 6.17. The van der Waals surface area contributed by atoms with Gasteiger partial charge >= 0.3 is 6.09 Å². The number of amides is 2. The van der Waals surface area contributed by atoms with Crippen LogP contribution in [0.25, 0.3) is 10.3 Å². The van der Waals surface area contributed by atoms with Gasteiger partial charge in [-0.2, -0.15) is 0 Å². The lowest BCUT2D eigenvalue weighted by molar-refractivity contribution is 0.00533. The van der Waals surface area contributed by atoms with Crippen molar-refractivity contribution in [1.82, 2.24) is 25.2 Å². The summed E-state index contributed by atoms with van der Waals surface area (Å²) in [6, 6.07) is -0.201. The third kappa shape index (κ3) is 7.00. The van der Waals surface area contributed by atoms with Crippen LogP contribution in [0.4, 0.5) is 15.0 Å². The summed E-state index contributed by atoms with van der Waals surface area (Å²) in [5.41, 5.74) is 0.314. The maximum atomic E-state index is 13.8. The van der Waals surface area contributed by atoms with E-state index in [1.165, 1.54) is 17.3 Å². The van der Waals surface area contributed by atoms with E-state index >= 15 is 0 Å². The molecule has 2 amide bonds. The minimum Gasteiger partial charge on any atom is -0.489 e.